The van der Waals surface area contributed by atoms with Crippen LogP contribution in [0.1, 0.15) is 11.1 Å². The van der Waals surface area contributed by atoms with E-state index >= 15 is 0 Å². The van der Waals surface area contributed by atoms with Crippen LogP contribution >= 0.6 is 11.6 Å². The average molecular weight is 332 g/mol. The van der Waals surface area contributed by atoms with E-state index in [0.717, 1.165) is 0 Å². The number of non-ortho nitro benzene ring substituents is 1. The molecule has 2 N–H and O–H groups in total. The summed E-state index contributed by atoms with van der Waals surface area (Å²) in [6.45, 7) is 0. The fourth-order valence-electron chi connectivity index (χ4n) is 2.27. The Morgan fingerprint density at radius 3 is 2.65 bits per heavy atom. The second-order valence-electron chi connectivity index (χ2n) is 4.81. The van der Waals surface area contributed by atoms with Gasteiger partial charge in [0.1, 0.15) is 0 Å². The standard InChI is InChI=1S/C15H10ClN3O4/c16-11-4-2-1-3-9(11)13-10-7-8(19(22)23)5-6-12(10)17-14(20)15(21)18-13/h1-7,15,21H,(H,17,20)/t15-/m0/s1. The molecule has 1 aliphatic rings. The summed E-state index contributed by atoms with van der Waals surface area (Å²) < 4.78 is 0. The topological polar surface area (TPSA) is 105 Å². The summed E-state index contributed by atoms with van der Waals surface area (Å²) in [5.41, 5.74) is 1.15. The van der Waals surface area contributed by atoms with Crippen LogP contribution in [0.4, 0.5) is 11.4 Å². The number of aliphatic imine (C=N–C) groups is 1. The van der Waals surface area contributed by atoms with E-state index in [9.17, 15) is 20.0 Å². The van der Waals surface area contributed by atoms with Gasteiger partial charge in [-0.25, -0.2) is 4.99 Å². The minimum atomic E-state index is -1.63. The van der Waals surface area contributed by atoms with Crippen molar-refractivity contribution in [3.63, 3.8) is 0 Å². The number of rotatable bonds is 2. The monoisotopic (exact) mass is 331 g/mol. The summed E-state index contributed by atoms with van der Waals surface area (Å²) in [5.74, 6) is -0.720. The van der Waals surface area contributed by atoms with Gasteiger partial charge in [0, 0.05) is 28.3 Å². The van der Waals surface area contributed by atoms with Crippen molar-refractivity contribution in [2.24, 2.45) is 4.99 Å². The van der Waals surface area contributed by atoms with Crippen molar-refractivity contribution < 1.29 is 14.8 Å². The SMILES string of the molecule is O=C1Nc2ccc([N+](=O)[O-])cc2C(c2ccccc2Cl)=N[C@H]1O. The molecule has 7 nitrogen and oxygen atoms in total. The predicted molar refractivity (Wildman–Crippen MR) is 84.8 cm³/mol. The van der Waals surface area contributed by atoms with Crippen molar-refractivity contribution >= 4 is 34.6 Å². The van der Waals surface area contributed by atoms with E-state index in [2.05, 4.69) is 10.3 Å². The van der Waals surface area contributed by atoms with Gasteiger partial charge in [0.25, 0.3) is 11.6 Å². The second-order valence-corrected chi connectivity index (χ2v) is 5.21. The first-order valence-corrected chi connectivity index (χ1v) is 6.95. The molecule has 23 heavy (non-hydrogen) atoms. The van der Waals surface area contributed by atoms with Crippen molar-refractivity contribution in [2.45, 2.75) is 6.23 Å². The highest BCUT2D eigenvalue weighted by molar-refractivity contribution is 6.36. The first kappa shape index (κ1) is 15.1. The molecule has 0 aliphatic carbocycles. The number of aliphatic hydroxyl groups excluding tert-OH is 1. The van der Waals surface area contributed by atoms with Crippen LogP contribution in [-0.2, 0) is 4.79 Å². The Morgan fingerprint density at radius 1 is 1.22 bits per heavy atom. The van der Waals surface area contributed by atoms with Gasteiger partial charge in [0.15, 0.2) is 0 Å². The van der Waals surface area contributed by atoms with Crippen LogP contribution in [-0.4, -0.2) is 27.9 Å². The summed E-state index contributed by atoms with van der Waals surface area (Å²) in [6.07, 6.45) is -1.63. The zero-order valence-corrected chi connectivity index (χ0v) is 12.3. The van der Waals surface area contributed by atoms with Crippen LogP contribution in [0.15, 0.2) is 47.5 Å². The summed E-state index contributed by atoms with van der Waals surface area (Å²) in [4.78, 5) is 26.3. The van der Waals surface area contributed by atoms with Crippen LogP contribution in [0.5, 0.6) is 0 Å². The largest absolute Gasteiger partial charge is 0.364 e. The third-order valence-corrected chi connectivity index (χ3v) is 3.67. The molecular weight excluding hydrogens is 322 g/mol. The lowest BCUT2D eigenvalue weighted by Gasteiger charge is -2.10. The molecule has 3 rings (SSSR count). The number of amides is 1. The summed E-state index contributed by atoms with van der Waals surface area (Å²) >= 11 is 6.16. The number of hydrogen-bond donors (Lipinski definition) is 2. The van der Waals surface area contributed by atoms with Gasteiger partial charge < -0.3 is 10.4 Å². The molecule has 0 spiro atoms. The molecule has 1 amide bonds. The number of fused-ring (bicyclic) bond motifs is 1. The number of carbonyl (C=O) groups excluding carboxylic acids is 1. The van der Waals surface area contributed by atoms with Crippen LogP contribution < -0.4 is 5.32 Å². The molecule has 8 heteroatoms. The number of benzene rings is 2. The van der Waals surface area contributed by atoms with E-state index in [1.54, 1.807) is 24.3 Å². The van der Waals surface area contributed by atoms with E-state index in [-0.39, 0.29) is 11.4 Å². The number of hydrogen-bond acceptors (Lipinski definition) is 5. The molecule has 116 valence electrons. The molecule has 0 radical (unpaired) electrons. The number of aliphatic hydroxyl groups is 1. The number of carbonyl (C=O) groups is 1. The number of benzodiazepines with no additional fused rings is 1. The number of nitrogens with zero attached hydrogens (tertiary/aromatic N) is 2. The smallest absolute Gasteiger partial charge is 0.276 e. The maximum absolute atomic E-state index is 11.8. The van der Waals surface area contributed by atoms with Crippen molar-refractivity contribution in [1.82, 2.24) is 0 Å². The van der Waals surface area contributed by atoms with E-state index in [1.807, 2.05) is 0 Å². The molecule has 0 aromatic heterocycles. The Morgan fingerprint density at radius 2 is 1.96 bits per heavy atom. The van der Waals surface area contributed by atoms with Crippen LogP contribution in [0.2, 0.25) is 5.02 Å². The lowest BCUT2D eigenvalue weighted by Crippen LogP contribution is -2.24. The quantitative estimate of drug-likeness (QED) is 0.651. The minimum absolute atomic E-state index is 0.158. The van der Waals surface area contributed by atoms with E-state index in [0.29, 0.717) is 21.8 Å². The predicted octanol–water partition coefficient (Wildman–Crippen LogP) is 2.36. The zero-order valence-electron chi connectivity index (χ0n) is 11.6. The Bertz CT molecular complexity index is 850. The summed E-state index contributed by atoms with van der Waals surface area (Å²) in [6, 6.07) is 10.7. The Balaban J connectivity index is 2.27. The maximum Gasteiger partial charge on any atom is 0.276 e. The number of nitrogens with one attached hydrogen (secondary N) is 1. The maximum atomic E-state index is 11.8. The fraction of sp³-hybridized carbons (Fsp3) is 0.0667. The van der Waals surface area contributed by atoms with Gasteiger partial charge in [0.2, 0.25) is 6.23 Å². The lowest BCUT2D eigenvalue weighted by atomic mass is 10.00. The highest BCUT2D eigenvalue weighted by Crippen LogP contribution is 2.30. The molecule has 2 aromatic rings. The highest BCUT2D eigenvalue weighted by Gasteiger charge is 2.26. The number of nitro groups is 1. The van der Waals surface area contributed by atoms with Gasteiger partial charge in [-0.1, -0.05) is 29.8 Å². The average Bonchev–Trinajstić information content (AvgIpc) is 2.64. The van der Waals surface area contributed by atoms with Crippen LogP contribution in [0.25, 0.3) is 0 Å². The number of anilines is 1. The van der Waals surface area contributed by atoms with Crippen molar-refractivity contribution in [2.75, 3.05) is 5.32 Å². The highest BCUT2D eigenvalue weighted by atomic mass is 35.5. The first-order valence-electron chi connectivity index (χ1n) is 6.58. The Kier molecular flexibility index (Phi) is 3.81. The second kappa shape index (κ2) is 5.79. The van der Waals surface area contributed by atoms with E-state index in [4.69, 9.17) is 11.6 Å². The first-order chi connectivity index (χ1) is 11.0. The van der Waals surface area contributed by atoms with Gasteiger partial charge in [-0.15, -0.1) is 0 Å². The molecular formula is C15H10ClN3O4. The van der Waals surface area contributed by atoms with Gasteiger partial charge in [-0.05, 0) is 12.1 Å². The third kappa shape index (κ3) is 2.79. The van der Waals surface area contributed by atoms with Gasteiger partial charge in [-0.3, -0.25) is 14.9 Å². The number of halogens is 1. The number of nitro benzene ring substituents is 1. The van der Waals surface area contributed by atoms with Crippen molar-refractivity contribution in [3.8, 4) is 0 Å². The summed E-state index contributed by atoms with van der Waals surface area (Å²) in [7, 11) is 0. The zero-order chi connectivity index (χ0) is 16.6. The molecule has 0 saturated carbocycles. The van der Waals surface area contributed by atoms with E-state index in [1.165, 1.54) is 18.2 Å². The van der Waals surface area contributed by atoms with E-state index < -0.39 is 17.1 Å². The van der Waals surface area contributed by atoms with Crippen molar-refractivity contribution in [1.29, 1.82) is 0 Å². The van der Waals surface area contributed by atoms with Crippen LogP contribution in [0, 0.1) is 10.1 Å². The molecule has 1 heterocycles. The minimum Gasteiger partial charge on any atom is -0.364 e. The molecule has 2 aromatic carbocycles. The van der Waals surface area contributed by atoms with Gasteiger partial charge >= 0.3 is 0 Å². The normalized spacial score (nSPS) is 16.9. The van der Waals surface area contributed by atoms with Gasteiger partial charge in [0.05, 0.1) is 16.3 Å². The fourth-order valence-corrected chi connectivity index (χ4v) is 2.49. The third-order valence-electron chi connectivity index (χ3n) is 3.34. The molecule has 1 atom stereocenters. The van der Waals surface area contributed by atoms with Gasteiger partial charge in [-0.2, -0.15) is 0 Å². The lowest BCUT2D eigenvalue weighted by molar-refractivity contribution is -0.384. The molecule has 0 saturated heterocycles. The molecule has 0 unspecified atom stereocenters. The molecule has 0 fully saturated rings. The Labute approximate surface area is 135 Å². The van der Waals surface area contributed by atoms with Crippen molar-refractivity contribution in [3.05, 3.63) is 68.7 Å². The molecule has 0 bridgehead atoms. The summed E-state index contributed by atoms with van der Waals surface area (Å²) in [5, 5.41) is 23.7. The van der Waals surface area contributed by atoms with Crippen LogP contribution in [0.3, 0.4) is 0 Å². The molecule has 1 aliphatic heterocycles. The Hall–Kier alpha value is -2.77.